The molecule has 2 amide bonds. The van der Waals surface area contributed by atoms with Crippen LogP contribution in [0, 0.1) is 0 Å². The molecule has 1 aromatic carbocycles. The van der Waals surface area contributed by atoms with Gasteiger partial charge in [0.2, 0.25) is 0 Å². The standard InChI is InChI=1S/C19H23N3O3S/c1-20-17(23)12-25-16-10-6-5-7-13(16)11-15-18(24)22(19(26)21-15)14-8-3-2-4-9-14/h5-7,10-11,14H,2-4,8-9,12H2,1H3,(H,20,23)(H,21,26)/b15-11+. The third-order valence-electron chi connectivity index (χ3n) is 4.71. The van der Waals surface area contributed by atoms with Crippen LogP contribution in [0.25, 0.3) is 6.08 Å². The van der Waals surface area contributed by atoms with Crippen LogP contribution in [0.2, 0.25) is 0 Å². The SMILES string of the molecule is CNC(=O)COc1ccccc1/C=C1/NC(=S)N(C2CCCCC2)C1=O. The quantitative estimate of drug-likeness (QED) is 0.612. The normalized spacial score (nSPS) is 19.6. The van der Waals surface area contributed by atoms with Crippen LogP contribution in [0.3, 0.4) is 0 Å². The first-order chi connectivity index (χ1) is 12.6. The van der Waals surface area contributed by atoms with E-state index in [2.05, 4.69) is 10.6 Å². The van der Waals surface area contributed by atoms with Gasteiger partial charge in [0.25, 0.3) is 11.8 Å². The van der Waals surface area contributed by atoms with Crippen molar-refractivity contribution in [1.82, 2.24) is 15.5 Å². The van der Waals surface area contributed by atoms with Crippen molar-refractivity contribution in [2.45, 2.75) is 38.1 Å². The highest BCUT2D eigenvalue weighted by atomic mass is 32.1. The van der Waals surface area contributed by atoms with Crippen LogP contribution >= 0.6 is 12.2 Å². The van der Waals surface area contributed by atoms with Gasteiger partial charge in [0, 0.05) is 18.7 Å². The second-order valence-electron chi connectivity index (χ2n) is 6.45. The Balaban J connectivity index is 1.79. The van der Waals surface area contributed by atoms with E-state index in [0.29, 0.717) is 16.6 Å². The molecule has 0 bridgehead atoms. The van der Waals surface area contributed by atoms with Crippen molar-refractivity contribution in [3.8, 4) is 5.75 Å². The highest BCUT2D eigenvalue weighted by Crippen LogP contribution is 2.28. The molecule has 0 aromatic heterocycles. The molecule has 26 heavy (non-hydrogen) atoms. The molecule has 138 valence electrons. The second kappa shape index (κ2) is 8.31. The lowest BCUT2D eigenvalue weighted by atomic mass is 9.94. The Kier molecular flexibility index (Phi) is 5.88. The van der Waals surface area contributed by atoms with Gasteiger partial charge in [0.15, 0.2) is 11.7 Å². The van der Waals surface area contributed by atoms with Gasteiger partial charge in [-0.2, -0.15) is 0 Å². The highest BCUT2D eigenvalue weighted by molar-refractivity contribution is 7.80. The fourth-order valence-electron chi connectivity index (χ4n) is 3.32. The number of para-hydroxylation sites is 1. The highest BCUT2D eigenvalue weighted by Gasteiger charge is 2.36. The van der Waals surface area contributed by atoms with Crippen molar-refractivity contribution in [1.29, 1.82) is 0 Å². The lowest BCUT2D eigenvalue weighted by molar-refractivity contribution is -0.124. The molecular weight excluding hydrogens is 350 g/mol. The molecule has 1 saturated carbocycles. The Morgan fingerprint density at radius 1 is 1.35 bits per heavy atom. The molecule has 1 heterocycles. The van der Waals surface area contributed by atoms with Gasteiger partial charge in [-0.1, -0.05) is 37.5 Å². The minimum absolute atomic E-state index is 0.0787. The summed E-state index contributed by atoms with van der Waals surface area (Å²) in [6.07, 6.45) is 7.20. The molecule has 0 unspecified atom stereocenters. The van der Waals surface area contributed by atoms with Gasteiger partial charge in [-0.05, 0) is 37.2 Å². The minimum atomic E-state index is -0.216. The van der Waals surface area contributed by atoms with E-state index in [9.17, 15) is 9.59 Å². The number of nitrogens with one attached hydrogen (secondary N) is 2. The molecule has 1 aromatic rings. The monoisotopic (exact) mass is 373 g/mol. The molecule has 1 saturated heterocycles. The average Bonchev–Trinajstić information content (AvgIpc) is 2.94. The zero-order valence-electron chi connectivity index (χ0n) is 14.8. The van der Waals surface area contributed by atoms with Crippen molar-refractivity contribution in [3.63, 3.8) is 0 Å². The summed E-state index contributed by atoms with van der Waals surface area (Å²) in [5.41, 5.74) is 1.16. The van der Waals surface area contributed by atoms with E-state index >= 15 is 0 Å². The number of likely N-dealkylation sites (N-methyl/N-ethyl adjacent to an activating group) is 1. The van der Waals surface area contributed by atoms with Gasteiger partial charge in [-0.3, -0.25) is 14.5 Å². The Bertz CT molecular complexity index is 741. The van der Waals surface area contributed by atoms with Crippen molar-refractivity contribution in [2.24, 2.45) is 0 Å². The third kappa shape index (κ3) is 4.04. The van der Waals surface area contributed by atoms with E-state index < -0.39 is 0 Å². The predicted molar refractivity (Wildman–Crippen MR) is 103 cm³/mol. The molecule has 7 heteroatoms. The van der Waals surface area contributed by atoms with Gasteiger partial charge < -0.3 is 15.4 Å². The summed E-state index contributed by atoms with van der Waals surface area (Å²) < 4.78 is 5.56. The largest absolute Gasteiger partial charge is 0.483 e. The van der Waals surface area contributed by atoms with Crippen LogP contribution in [-0.2, 0) is 9.59 Å². The first-order valence-corrected chi connectivity index (χ1v) is 9.29. The number of rotatable bonds is 5. The summed E-state index contributed by atoms with van der Waals surface area (Å²) in [6, 6.07) is 7.47. The van der Waals surface area contributed by atoms with E-state index in [1.54, 1.807) is 24.1 Å². The molecule has 0 atom stereocenters. The minimum Gasteiger partial charge on any atom is -0.483 e. The zero-order valence-corrected chi connectivity index (χ0v) is 15.6. The van der Waals surface area contributed by atoms with Crippen LogP contribution < -0.4 is 15.4 Å². The maximum Gasteiger partial charge on any atom is 0.276 e. The summed E-state index contributed by atoms with van der Waals surface area (Å²) in [5.74, 6) is 0.232. The van der Waals surface area contributed by atoms with Gasteiger partial charge in [0.05, 0.1) is 0 Å². The number of carbonyl (C=O) groups is 2. The van der Waals surface area contributed by atoms with Gasteiger partial charge in [-0.25, -0.2) is 0 Å². The summed E-state index contributed by atoms with van der Waals surface area (Å²) in [4.78, 5) is 26.0. The van der Waals surface area contributed by atoms with E-state index in [1.807, 2.05) is 18.2 Å². The van der Waals surface area contributed by atoms with Crippen LogP contribution in [0.15, 0.2) is 30.0 Å². The van der Waals surface area contributed by atoms with E-state index in [0.717, 1.165) is 31.2 Å². The topological polar surface area (TPSA) is 70.7 Å². The smallest absolute Gasteiger partial charge is 0.276 e. The summed E-state index contributed by atoms with van der Waals surface area (Å²) in [5, 5.41) is 6.02. The van der Waals surface area contributed by atoms with E-state index in [4.69, 9.17) is 17.0 Å². The Labute approximate surface area is 158 Å². The number of hydrogen-bond acceptors (Lipinski definition) is 4. The predicted octanol–water partition coefficient (Wildman–Crippen LogP) is 2.20. The number of ether oxygens (including phenoxy) is 1. The Morgan fingerprint density at radius 3 is 2.81 bits per heavy atom. The second-order valence-corrected chi connectivity index (χ2v) is 6.84. The van der Waals surface area contributed by atoms with Crippen LogP contribution in [0.4, 0.5) is 0 Å². The number of thiocarbonyl (C=S) groups is 1. The van der Waals surface area contributed by atoms with Gasteiger partial charge >= 0.3 is 0 Å². The molecular formula is C19H23N3O3S. The Hall–Kier alpha value is -2.41. The van der Waals surface area contributed by atoms with Crippen LogP contribution in [0.5, 0.6) is 5.75 Å². The van der Waals surface area contributed by atoms with Crippen LogP contribution in [-0.4, -0.2) is 41.5 Å². The maximum absolute atomic E-state index is 12.8. The van der Waals surface area contributed by atoms with Crippen molar-refractivity contribution < 1.29 is 14.3 Å². The number of hydrogen-bond donors (Lipinski definition) is 2. The first kappa shape index (κ1) is 18.4. The summed E-state index contributed by atoms with van der Waals surface area (Å²) in [7, 11) is 1.56. The zero-order chi connectivity index (χ0) is 18.5. The molecule has 0 radical (unpaired) electrons. The number of amides is 2. The van der Waals surface area contributed by atoms with Crippen molar-refractivity contribution in [2.75, 3.05) is 13.7 Å². The van der Waals surface area contributed by atoms with Gasteiger partial charge in [-0.15, -0.1) is 0 Å². The van der Waals surface area contributed by atoms with Crippen molar-refractivity contribution in [3.05, 3.63) is 35.5 Å². The van der Waals surface area contributed by atoms with Crippen LogP contribution in [0.1, 0.15) is 37.7 Å². The third-order valence-corrected chi connectivity index (χ3v) is 5.00. The molecule has 2 aliphatic rings. The molecule has 0 spiro atoms. The maximum atomic E-state index is 12.8. The molecule has 3 rings (SSSR count). The van der Waals surface area contributed by atoms with E-state index in [1.165, 1.54) is 6.42 Å². The molecule has 6 nitrogen and oxygen atoms in total. The molecule has 1 aliphatic heterocycles. The van der Waals surface area contributed by atoms with E-state index in [-0.39, 0.29) is 24.5 Å². The fourth-order valence-corrected chi connectivity index (χ4v) is 3.66. The molecule has 2 N–H and O–H groups in total. The van der Waals surface area contributed by atoms with Crippen molar-refractivity contribution >= 4 is 35.2 Å². The fraction of sp³-hybridized carbons (Fsp3) is 0.421. The van der Waals surface area contributed by atoms with Gasteiger partial charge in [0.1, 0.15) is 11.4 Å². The summed E-state index contributed by atoms with van der Waals surface area (Å²) in [6.45, 7) is -0.0787. The summed E-state index contributed by atoms with van der Waals surface area (Å²) >= 11 is 5.39. The molecule has 1 aliphatic carbocycles. The number of carbonyl (C=O) groups excluding carboxylic acids is 2. The average molecular weight is 373 g/mol. The lowest BCUT2D eigenvalue weighted by Crippen LogP contribution is -2.41. The lowest BCUT2D eigenvalue weighted by Gasteiger charge is -2.29. The number of benzene rings is 1. The Morgan fingerprint density at radius 2 is 2.08 bits per heavy atom. The first-order valence-electron chi connectivity index (χ1n) is 8.89. The molecule has 2 fully saturated rings. The number of nitrogens with zero attached hydrogens (tertiary/aromatic N) is 1.